The fourth-order valence-corrected chi connectivity index (χ4v) is 2.48. The van der Waals surface area contributed by atoms with Crippen LogP contribution in [0.5, 0.6) is 0 Å². The number of piperidine rings is 1. The molecule has 0 amide bonds. The molecule has 1 unspecified atom stereocenters. The van der Waals surface area contributed by atoms with Crippen LogP contribution in [0.4, 0.5) is 0 Å². The van der Waals surface area contributed by atoms with Gasteiger partial charge in [-0.1, -0.05) is 6.07 Å². The van der Waals surface area contributed by atoms with Crippen LogP contribution in [0.1, 0.15) is 18.4 Å². The van der Waals surface area contributed by atoms with Gasteiger partial charge >= 0.3 is 0 Å². The van der Waals surface area contributed by atoms with Gasteiger partial charge in [0.05, 0.1) is 0 Å². The van der Waals surface area contributed by atoms with Crippen LogP contribution in [0.2, 0.25) is 0 Å². The van der Waals surface area contributed by atoms with Gasteiger partial charge in [0.2, 0.25) is 0 Å². The Morgan fingerprint density at radius 1 is 1.50 bits per heavy atom. The van der Waals surface area contributed by atoms with E-state index in [1.165, 1.54) is 24.9 Å². The van der Waals surface area contributed by atoms with Crippen LogP contribution in [0, 0.1) is 5.92 Å². The van der Waals surface area contributed by atoms with Gasteiger partial charge in [0.15, 0.2) is 0 Å². The Labute approximate surface area is 105 Å². The third-order valence-corrected chi connectivity index (χ3v) is 3.60. The van der Waals surface area contributed by atoms with Crippen molar-refractivity contribution in [1.29, 1.82) is 0 Å². The minimum Gasteiger partial charge on any atom is -0.330 e. The van der Waals surface area contributed by atoms with Crippen molar-refractivity contribution < 1.29 is 0 Å². The second-order valence-corrected chi connectivity index (χ2v) is 5.28. The molecule has 16 heavy (non-hydrogen) atoms. The number of nitrogens with two attached hydrogens (primary N) is 1. The number of hydrogen-bond acceptors (Lipinski definition) is 3. The molecule has 1 aromatic rings. The maximum Gasteiger partial charge on any atom is 0.106 e. The van der Waals surface area contributed by atoms with E-state index in [0.29, 0.717) is 5.92 Å². The Morgan fingerprint density at radius 2 is 2.38 bits per heavy atom. The van der Waals surface area contributed by atoms with E-state index in [9.17, 15) is 0 Å². The molecule has 4 heteroatoms. The van der Waals surface area contributed by atoms with Gasteiger partial charge in [-0.2, -0.15) is 0 Å². The Hall–Kier alpha value is -0.450. The second kappa shape index (κ2) is 5.75. The molecule has 2 heterocycles. The molecule has 2 N–H and O–H groups in total. The van der Waals surface area contributed by atoms with E-state index in [0.717, 1.165) is 24.2 Å². The minimum atomic E-state index is 0.678. The van der Waals surface area contributed by atoms with Crippen LogP contribution < -0.4 is 5.73 Å². The van der Waals surface area contributed by atoms with Crippen molar-refractivity contribution in [3.8, 4) is 0 Å². The third-order valence-electron chi connectivity index (χ3n) is 3.13. The Bertz CT molecular complexity index is 326. The molecule has 88 valence electrons. The van der Waals surface area contributed by atoms with Gasteiger partial charge in [-0.15, -0.1) is 0 Å². The first-order valence-electron chi connectivity index (χ1n) is 5.81. The molecule has 1 aromatic heterocycles. The van der Waals surface area contributed by atoms with E-state index in [2.05, 4.69) is 31.9 Å². The summed E-state index contributed by atoms with van der Waals surface area (Å²) in [7, 11) is 0. The number of hydrogen-bond donors (Lipinski definition) is 1. The largest absolute Gasteiger partial charge is 0.330 e. The van der Waals surface area contributed by atoms with E-state index in [4.69, 9.17) is 5.73 Å². The molecule has 1 aliphatic heterocycles. The van der Waals surface area contributed by atoms with Crippen molar-refractivity contribution in [2.24, 2.45) is 11.7 Å². The quantitative estimate of drug-likeness (QED) is 0.863. The van der Waals surface area contributed by atoms with Crippen LogP contribution in [0.3, 0.4) is 0 Å². The van der Waals surface area contributed by atoms with Crippen molar-refractivity contribution in [1.82, 2.24) is 9.88 Å². The summed E-state index contributed by atoms with van der Waals surface area (Å²) in [6, 6.07) is 4.13. The molecule has 0 radical (unpaired) electrons. The van der Waals surface area contributed by atoms with Gasteiger partial charge in [0.25, 0.3) is 0 Å². The molecule has 0 aromatic carbocycles. The summed E-state index contributed by atoms with van der Waals surface area (Å²) in [6.07, 6.45) is 4.49. The van der Waals surface area contributed by atoms with E-state index in [-0.39, 0.29) is 0 Å². The van der Waals surface area contributed by atoms with Gasteiger partial charge < -0.3 is 5.73 Å². The van der Waals surface area contributed by atoms with Crippen molar-refractivity contribution in [2.75, 3.05) is 19.6 Å². The van der Waals surface area contributed by atoms with Crippen LogP contribution in [-0.4, -0.2) is 29.5 Å². The molecule has 0 spiro atoms. The molecule has 0 bridgehead atoms. The van der Waals surface area contributed by atoms with E-state index >= 15 is 0 Å². The molecule has 1 aliphatic rings. The third kappa shape index (κ3) is 3.27. The number of rotatable bonds is 3. The fourth-order valence-electron chi connectivity index (χ4n) is 2.25. The molecule has 1 atom stereocenters. The highest BCUT2D eigenvalue weighted by molar-refractivity contribution is 9.10. The first kappa shape index (κ1) is 12.0. The van der Waals surface area contributed by atoms with Gasteiger partial charge in [0, 0.05) is 19.3 Å². The summed E-state index contributed by atoms with van der Waals surface area (Å²) < 4.78 is 0.898. The predicted octanol–water partition coefficient (Wildman–Crippen LogP) is 2.01. The SMILES string of the molecule is NCC1CCCN(Cc2ccc(Br)nc2)C1. The molecular formula is C12H18BrN3. The first-order chi connectivity index (χ1) is 7.78. The topological polar surface area (TPSA) is 42.1 Å². The zero-order valence-electron chi connectivity index (χ0n) is 9.40. The molecule has 2 rings (SSSR count). The highest BCUT2D eigenvalue weighted by atomic mass is 79.9. The maximum atomic E-state index is 5.73. The molecule has 1 fully saturated rings. The monoisotopic (exact) mass is 283 g/mol. The maximum absolute atomic E-state index is 5.73. The Balaban J connectivity index is 1.91. The minimum absolute atomic E-state index is 0.678. The fraction of sp³-hybridized carbons (Fsp3) is 0.583. The molecule has 3 nitrogen and oxygen atoms in total. The number of nitrogens with zero attached hydrogens (tertiary/aromatic N) is 2. The van der Waals surface area contributed by atoms with E-state index < -0.39 is 0 Å². The lowest BCUT2D eigenvalue weighted by molar-refractivity contribution is 0.171. The lowest BCUT2D eigenvalue weighted by Gasteiger charge is -2.31. The first-order valence-corrected chi connectivity index (χ1v) is 6.60. The summed E-state index contributed by atoms with van der Waals surface area (Å²) in [5.74, 6) is 0.678. The van der Waals surface area contributed by atoms with Crippen molar-refractivity contribution in [2.45, 2.75) is 19.4 Å². The van der Waals surface area contributed by atoms with Crippen LogP contribution >= 0.6 is 15.9 Å². The smallest absolute Gasteiger partial charge is 0.106 e. The lowest BCUT2D eigenvalue weighted by Crippen LogP contribution is -2.37. The van der Waals surface area contributed by atoms with Gasteiger partial charge in [-0.25, -0.2) is 4.98 Å². The van der Waals surface area contributed by atoms with Crippen LogP contribution in [0.25, 0.3) is 0 Å². The van der Waals surface area contributed by atoms with Crippen LogP contribution in [0.15, 0.2) is 22.9 Å². The Morgan fingerprint density at radius 3 is 3.06 bits per heavy atom. The second-order valence-electron chi connectivity index (χ2n) is 4.47. The number of aromatic nitrogens is 1. The standard InChI is InChI=1S/C12H18BrN3/c13-12-4-3-11(7-15-12)9-16-5-1-2-10(6-14)8-16/h3-4,7,10H,1-2,5-6,8-9,14H2. The van der Waals surface area contributed by atoms with E-state index in [1.54, 1.807) is 0 Å². The van der Waals surface area contributed by atoms with Crippen molar-refractivity contribution in [3.63, 3.8) is 0 Å². The summed E-state index contributed by atoms with van der Waals surface area (Å²) in [4.78, 5) is 6.73. The summed E-state index contributed by atoms with van der Waals surface area (Å²) in [5.41, 5.74) is 7.01. The summed E-state index contributed by atoms with van der Waals surface area (Å²) in [5, 5.41) is 0. The average Bonchev–Trinajstić information content (AvgIpc) is 2.32. The number of likely N-dealkylation sites (tertiary alicyclic amines) is 1. The van der Waals surface area contributed by atoms with Gasteiger partial charge in [0.1, 0.15) is 4.60 Å². The number of halogens is 1. The Kier molecular flexibility index (Phi) is 4.32. The van der Waals surface area contributed by atoms with Crippen molar-refractivity contribution >= 4 is 15.9 Å². The molecular weight excluding hydrogens is 266 g/mol. The predicted molar refractivity (Wildman–Crippen MR) is 69.0 cm³/mol. The molecule has 0 saturated carbocycles. The zero-order chi connectivity index (χ0) is 11.4. The zero-order valence-corrected chi connectivity index (χ0v) is 11.0. The van der Waals surface area contributed by atoms with Crippen LogP contribution in [-0.2, 0) is 6.54 Å². The number of pyridine rings is 1. The van der Waals surface area contributed by atoms with Crippen molar-refractivity contribution in [3.05, 3.63) is 28.5 Å². The summed E-state index contributed by atoms with van der Waals surface area (Å²) >= 11 is 3.35. The highest BCUT2D eigenvalue weighted by Crippen LogP contribution is 2.17. The van der Waals surface area contributed by atoms with Gasteiger partial charge in [-0.05, 0) is 59.4 Å². The van der Waals surface area contributed by atoms with E-state index in [1.807, 2.05) is 12.3 Å². The lowest BCUT2D eigenvalue weighted by atomic mass is 9.98. The normalized spacial score (nSPS) is 22.2. The molecule has 1 saturated heterocycles. The summed E-state index contributed by atoms with van der Waals surface area (Å²) in [6.45, 7) is 4.13. The van der Waals surface area contributed by atoms with Gasteiger partial charge in [-0.3, -0.25) is 4.90 Å². The molecule has 0 aliphatic carbocycles. The average molecular weight is 284 g/mol. The highest BCUT2D eigenvalue weighted by Gasteiger charge is 2.18.